The molecule has 1 aliphatic heterocycles. The summed E-state index contributed by atoms with van der Waals surface area (Å²) >= 11 is 3.29. The number of fused-ring (bicyclic) bond motifs is 1. The van der Waals surface area contributed by atoms with Gasteiger partial charge in [-0.25, -0.2) is 4.39 Å². The summed E-state index contributed by atoms with van der Waals surface area (Å²) in [4.78, 5) is 2.25. The number of ether oxygens (including phenoxy) is 2. The van der Waals surface area contributed by atoms with E-state index in [-0.39, 0.29) is 5.82 Å². The highest BCUT2D eigenvalue weighted by Crippen LogP contribution is 2.33. The predicted octanol–water partition coefficient (Wildman–Crippen LogP) is 4.16. The van der Waals surface area contributed by atoms with E-state index in [2.05, 4.69) is 20.8 Å². The number of nitrogens with zero attached hydrogens (tertiary/aromatic N) is 1. The summed E-state index contributed by atoms with van der Waals surface area (Å²) in [5, 5.41) is 0. The average molecular weight is 380 g/mol. The number of benzene rings is 2. The molecule has 0 amide bonds. The summed E-state index contributed by atoms with van der Waals surface area (Å²) in [5.74, 6) is 1.33. The smallest absolute Gasteiger partial charge is 0.161 e. The number of methoxy groups -OCH3 is 2. The molecule has 0 unspecified atom stereocenters. The molecule has 23 heavy (non-hydrogen) atoms. The minimum Gasteiger partial charge on any atom is -0.493 e. The fourth-order valence-corrected chi connectivity index (χ4v) is 3.30. The first-order chi connectivity index (χ1) is 11.1. The van der Waals surface area contributed by atoms with E-state index in [1.54, 1.807) is 14.2 Å². The second-order valence-electron chi connectivity index (χ2n) is 5.67. The van der Waals surface area contributed by atoms with Crippen LogP contribution in [0.15, 0.2) is 34.8 Å². The minimum absolute atomic E-state index is 0.169. The van der Waals surface area contributed by atoms with Crippen LogP contribution in [0.5, 0.6) is 11.5 Å². The molecule has 2 aromatic carbocycles. The maximum atomic E-state index is 14.0. The van der Waals surface area contributed by atoms with Crippen molar-refractivity contribution in [2.45, 2.75) is 19.5 Å². The van der Waals surface area contributed by atoms with Gasteiger partial charge in [-0.1, -0.05) is 22.0 Å². The van der Waals surface area contributed by atoms with Crippen molar-refractivity contribution in [3.63, 3.8) is 0 Å². The lowest BCUT2D eigenvalue weighted by Gasteiger charge is -2.29. The van der Waals surface area contributed by atoms with E-state index in [0.717, 1.165) is 41.0 Å². The topological polar surface area (TPSA) is 21.7 Å². The Bertz CT molecular complexity index is 720. The molecule has 0 aromatic heterocycles. The molecule has 3 rings (SSSR count). The van der Waals surface area contributed by atoms with Crippen molar-refractivity contribution in [2.24, 2.45) is 0 Å². The first-order valence-corrected chi connectivity index (χ1v) is 8.30. The average Bonchev–Trinajstić information content (AvgIpc) is 2.56. The van der Waals surface area contributed by atoms with Crippen LogP contribution in [0.2, 0.25) is 0 Å². The third-order valence-electron chi connectivity index (χ3n) is 4.21. The highest BCUT2D eigenvalue weighted by Gasteiger charge is 2.20. The van der Waals surface area contributed by atoms with E-state index in [0.29, 0.717) is 6.54 Å². The summed E-state index contributed by atoms with van der Waals surface area (Å²) in [6, 6.07) is 9.30. The van der Waals surface area contributed by atoms with Gasteiger partial charge in [-0.3, -0.25) is 4.90 Å². The Kier molecular flexibility index (Phi) is 4.87. The summed E-state index contributed by atoms with van der Waals surface area (Å²) in [6.45, 7) is 2.29. The molecule has 2 aromatic rings. The Morgan fingerprint density at radius 1 is 1.09 bits per heavy atom. The van der Waals surface area contributed by atoms with Crippen molar-refractivity contribution in [2.75, 3.05) is 20.8 Å². The zero-order valence-electron chi connectivity index (χ0n) is 13.2. The highest BCUT2D eigenvalue weighted by molar-refractivity contribution is 9.10. The fourth-order valence-electron chi connectivity index (χ4n) is 2.97. The predicted molar refractivity (Wildman–Crippen MR) is 91.5 cm³/mol. The Morgan fingerprint density at radius 3 is 2.43 bits per heavy atom. The van der Waals surface area contributed by atoms with Gasteiger partial charge in [-0.05, 0) is 41.8 Å². The van der Waals surface area contributed by atoms with Crippen LogP contribution in [0, 0.1) is 5.82 Å². The van der Waals surface area contributed by atoms with Gasteiger partial charge in [0.05, 0.1) is 14.2 Å². The number of rotatable bonds is 4. The summed E-state index contributed by atoms with van der Waals surface area (Å²) in [6.07, 6.45) is 0.924. The number of halogens is 2. The van der Waals surface area contributed by atoms with Crippen LogP contribution in [-0.4, -0.2) is 25.7 Å². The number of hydrogen-bond donors (Lipinski definition) is 0. The van der Waals surface area contributed by atoms with Crippen molar-refractivity contribution in [1.82, 2.24) is 4.90 Å². The SMILES string of the molecule is COc1cc2c(cc1OC)CN(Cc1ccc(Br)cc1F)CC2. The Morgan fingerprint density at radius 2 is 1.78 bits per heavy atom. The van der Waals surface area contributed by atoms with Gasteiger partial charge in [-0.15, -0.1) is 0 Å². The normalized spacial score (nSPS) is 14.4. The fraction of sp³-hybridized carbons (Fsp3) is 0.333. The lowest BCUT2D eigenvalue weighted by atomic mass is 9.98. The zero-order chi connectivity index (χ0) is 16.4. The molecule has 3 nitrogen and oxygen atoms in total. The van der Waals surface area contributed by atoms with E-state index in [1.807, 2.05) is 24.3 Å². The lowest BCUT2D eigenvalue weighted by molar-refractivity contribution is 0.241. The summed E-state index contributed by atoms with van der Waals surface area (Å²) in [5.41, 5.74) is 3.21. The van der Waals surface area contributed by atoms with E-state index in [9.17, 15) is 4.39 Å². The molecule has 5 heteroatoms. The van der Waals surface area contributed by atoms with Gasteiger partial charge in [0, 0.05) is 29.7 Å². The molecule has 0 bridgehead atoms. The monoisotopic (exact) mass is 379 g/mol. The van der Waals surface area contributed by atoms with Crippen LogP contribution in [0.25, 0.3) is 0 Å². The highest BCUT2D eigenvalue weighted by atomic mass is 79.9. The minimum atomic E-state index is -0.169. The van der Waals surface area contributed by atoms with Crippen molar-refractivity contribution < 1.29 is 13.9 Å². The molecule has 0 spiro atoms. The molecule has 0 saturated heterocycles. The van der Waals surface area contributed by atoms with E-state index >= 15 is 0 Å². The Balaban J connectivity index is 1.79. The second kappa shape index (κ2) is 6.89. The van der Waals surface area contributed by atoms with Gasteiger partial charge in [0.2, 0.25) is 0 Å². The quantitative estimate of drug-likeness (QED) is 0.795. The van der Waals surface area contributed by atoms with Crippen LogP contribution >= 0.6 is 15.9 Å². The molecular formula is C18H19BrFNO2. The molecule has 0 saturated carbocycles. The van der Waals surface area contributed by atoms with Gasteiger partial charge in [0.25, 0.3) is 0 Å². The van der Waals surface area contributed by atoms with Gasteiger partial charge in [0.1, 0.15) is 5.82 Å². The summed E-state index contributed by atoms with van der Waals surface area (Å²) < 4.78 is 25.5. The van der Waals surface area contributed by atoms with Crippen LogP contribution in [0.4, 0.5) is 4.39 Å². The van der Waals surface area contributed by atoms with Gasteiger partial charge in [0.15, 0.2) is 11.5 Å². The molecule has 0 fully saturated rings. The molecule has 0 radical (unpaired) electrons. The largest absolute Gasteiger partial charge is 0.493 e. The Hall–Kier alpha value is -1.59. The first kappa shape index (κ1) is 16.3. The van der Waals surface area contributed by atoms with Crippen molar-refractivity contribution in [3.05, 3.63) is 57.3 Å². The molecule has 0 atom stereocenters. The van der Waals surface area contributed by atoms with E-state index in [1.165, 1.54) is 17.2 Å². The Labute approximate surface area is 144 Å². The number of hydrogen-bond acceptors (Lipinski definition) is 3. The zero-order valence-corrected chi connectivity index (χ0v) is 14.8. The molecule has 1 heterocycles. The van der Waals surface area contributed by atoms with Gasteiger partial charge < -0.3 is 9.47 Å². The van der Waals surface area contributed by atoms with Crippen LogP contribution < -0.4 is 9.47 Å². The van der Waals surface area contributed by atoms with Crippen molar-refractivity contribution >= 4 is 15.9 Å². The van der Waals surface area contributed by atoms with Crippen molar-refractivity contribution in [1.29, 1.82) is 0 Å². The molecule has 0 aliphatic carbocycles. The standard InChI is InChI=1S/C18H19BrFNO2/c1-22-17-7-12-5-6-21(11-14(12)8-18(17)23-2)10-13-3-4-15(19)9-16(13)20/h3-4,7-9H,5-6,10-11H2,1-2H3. The summed E-state index contributed by atoms with van der Waals surface area (Å²) in [7, 11) is 3.29. The molecule has 122 valence electrons. The van der Waals surface area contributed by atoms with Crippen LogP contribution in [0.1, 0.15) is 16.7 Å². The van der Waals surface area contributed by atoms with Gasteiger partial charge in [-0.2, -0.15) is 0 Å². The van der Waals surface area contributed by atoms with E-state index < -0.39 is 0 Å². The van der Waals surface area contributed by atoms with Crippen LogP contribution in [0.3, 0.4) is 0 Å². The van der Waals surface area contributed by atoms with Crippen LogP contribution in [-0.2, 0) is 19.5 Å². The maximum Gasteiger partial charge on any atom is 0.161 e. The second-order valence-corrected chi connectivity index (χ2v) is 6.59. The third-order valence-corrected chi connectivity index (χ3v) is 4.70. The lowest BCUT2D eigenvalue weighted by Crippen LogP contribution is -2.30. The van der Waals surface area contributed by atoms with E-state index in [4.69, 9.17) is 9.47 Å². The maximum absolute atomic E-state index is 14.0. The first-order valence-electron chi connectivity index (χ1n) is 7.50. The van der Waals surface area contributed by atoms with Crippen molar-refractivity contribution in [3.8, 4) is 11.5 Å². The molecule has 0 N–H and O–H groups in total. The molecular weight excluding hydrogens is 361 g/mol. The molecule has 1 aliphatic rings. The van der Waals surface area contributed by atoms with Gasteiger partial charge >= 0.3 is 0 Å². The third kappa shape index (κ3) is 3.51.